The van der Waals surface area contributed by atoms with Crippen molar-refractivity contribution in [2.45, 2.75) is 23.9 Å². The van der Waals surface area contributed by atoms with Crippen LogP contribution in [0.1, 0.15) is 22.0 Å². The molecule has 1 aliphatic rings. The second-order valence-electron chi connectivity index (χ2n) is 6.83. The molecule has 0 saturated carbocycles. The van der Waals surface area contributed by atoms with Crippen LogP contribution in [0.5, 0.6) is 0 Å². The molecule has 0 unspecified atom stereocenters. The van der Waals surface area contributed by atoms with Crippen LogP contribution in [-0.4, -0.2) is 26.4 Å². The van der Waals surface area contributed by atoms with Gasteiger partial charge < -0.3 is 0 Å². The van der Waals surface area contributed by atoms with Crippen LogP contribution in [0.3, 0.4) is 0 Å². The number of halogens is 1. The summed E-state index contributed by atoms with van der Waals surface area (Å²) in [6.45, 7) is 2.10. The lowest BCUT2D eigenvalue weighted by molar-refractivity contribution is 0.183. The molecule has 0 bridgehead atoms. The van der Waals surface area contributed by atoms with Crippen molar-refractivity contribution >= 4 is 37.3 Å². The SMILES string of the molecule is O=S(=O)(NC[C@H](c1cccs1)N1CCc2ccccc2C1)c1ccc(Br)cc1. The predicted octanol–water partition coefficient (Wildman–Crippen LogP) is 4.59. The molecule has 3 aromatic rings. The maximum atomic E-state index is 12.8. The first-order valence-electron chi connectivity index (χ1n) is 9.12. The van der Waals surface area contributed by atoms with Crippen molar-refractivity contribution in [1.29, 1.82) is 0 Å². The van der Waals surface area contributed by atoms with Crippen molar-refractivity contribution in [3.63, 3.8) is 0 Å². The third kappa shape index (κ3) is 4.39. The van der Waals surface area contributed by atoms with E-state index in [1.165, 1.54) is 16.0 Å². The Bertz CT molecular complexity index is 1030. The van der Waals surface area contributed by atoms with Gasteiger partial charge in [-0.2, -0.15) is 0 Å². The zero-order valence-corrected chi connectivity index (χ0v) is 18.4. The van der Waals surface area contributed by atoms with Gasteiger partial charge in [-0.15, -0.1) is 11.3 Å². The Morgan fingerprint density at radius 3 is 2.50 bits per heavy atom. The second kappa shape index (κ2) is 8.47. The highest BCUT2D eigenvalue weighted by molar-refractivity contribution is 9.10. The number of sulfonamides is 1. The lowest BCUT2D eigenvalue weighted by Gasteiger charge is -2.35. The van der Waals surface area contributed by atoms with Crippen LogP contribution in [0.4, 0.5) is 0 Å². The van der Waals surface area contributed by atoms with Crippen molar-refractivity contribution in [2.75, 3.05) is 13.1 Å². The molecule has 7 heteroatoms. The zero-order chi connectivity index (χ0) is 19.6. The third-order valence-electron chi connectivity index (χ3n) is 5.06. The largest absolute Gasteiger partial charge is 0.290 e. The molecule has 0 radical (unpaired) electrons. The van der Waals surface area contributed by atoms with Crippen molar-refractivity contribution in [3.05, 3.63) is 86.5 Å². The average Bonchev–Trinajstić information content (AvgIpc) is 3.23. The van der Waals surface area contributed by atoms with Gasteiger partial charge in [-0.3, -0.25) is 4.90 Å². The molecular formula is C21H21BrN2O2S2. The topological polar surface area (TPSA) is 49.4 Å². The monoisotopic (exact) mass is 476 g/mol. The van der Waals surface area contributed by atoms with E-state index in [2.05, 4.69) is 55.9 Å². The van der Waals surface area contributed by atoms with Crippen LogP contribution in [0.15, 0.2) is 75.4 Å². The van der Waals surface area contributed by atoms with Gasteiger partial charge in [0, 0.05) is 29.0 Å². The van der Waals surface area contributed by atoms with Crippen LogP contribution in [0, 0.1) is 0 Å². The van der Waals surface area contributed by atoms with E-state index in [1.54, 1.807) is 35.6 Å². The highest BCUT2D eigenvalue weighted by atomic mass is 79.9. The summed E-state index contributed by atoms with van der Waals surface area (Å²) >= 11 is 5.02. The molecular weight excluding hydrogens is 456 g/mol. The summed E-state index contributed by atoms with van der Waals surface area (Å²) in [4.78, 5) is 3.83. The van der Waals surface area contributed by atoms with Crippen LogP contribution >= 0.6 is 27.3 Å². The molecule has 1 aromatic heterocycles. The van der Waals surface area contributed by atoms with E-state index < -0.39 is 10.0 Å². The molecule has 0 fully saturated rings. The van der Waals surface area contributed by atoms with Gasteiger partial charge in [-0.05, 0) is 53.3 Å². The summed E-state index contributed by atoms with van der Waals surface area (Å²) in [6.07, 6.45) is 0.984. The Balaban J connectivity index is 1.54. The molecule has 2 aromatic carbocycles. The van der Waals surface area contributed by atoms with Gasteiger partial charge >= 0.3 is 0 Å². The Kier molecular flexibility index (Phi) is 5.99. The minimum Gasteiger partial charge on any atom is -0.290 e. The Labute approximate surface area is 178 Å². The Hall–Kier alpha value is -1.51. The predicted molar refractivity (Wildman–Crippen MR) is 117 cm³/mol. The lowest BCUT2D eigenvalue weighted by Crippen LogP contribution is -2.40. The number of rotatable bonds is 6. The quantitative estimate of drug-likeness (QED) is 0.565. The third-order valence-corrected chi connectivity index (χ3v) is 8.00. The fraction of sp³-hybridized carbons (Fsp3) is 0.238. The van der Waals surface area contributed by atoms with E-state index in [-0.39, 0.29) is 10.9 Å². The Morgan fingerprint density at radius 1 is 1.04 bits per heavy atom. The summed E-state index contributed by atoms with van der Waals surface area (Å²) in [6, 6.07) is 19.3. The van der Waals surface area contributed by atoms with E-state index in [1.807, 2.05) is 11.4 Å². The molecule has 4 nitrogen and oxygen atoms in total. The van der Waals surface area contributed by atoms with E-state index in [9.17, 15) is 8.42 Å². The van der Waals surface area contributed by atoms with E-state index in [0.717, 1.165) is 24.0 Å². The molecule has 0 saturated heterocycles. The van der Waals surface area contributed by atoms with Gasteiger partial charge in [0.1, 0.15) is 0 Å². The normalized spacial score (nSPS) is 15.9. The number of hydrogen-bond acceptors (Lipinski definition) is 4. The van der Waals surface area contributed by atoms with Crippen molar-refractivity contribution in [2.24, 2.45) is 0 Å². The average molecular weight is 477 g/mol. The lowest BCUT2D eigenvalue weighted by atomic mass is 9.98. The molecule has 28 heavy (non-hydrogen) atoms. The number of hydrogen-bond donors (Lipinski definition) is 1. The number of nitrogens with one attached hydrogen (secondary N) is 1. The highest BCUT2D eigenvalue weighted by Gasteiger charge is 2.27. The molecule has 0 amide bonds. The number of nitrogens with zero attached hydrogens (tertiary/aromatic N) is 1. The van der Waals surface area contributed by atoms with Crippen LogP contribution in [0.2, 0.25) is 0 Å². The van der Waals surface area contributed by atoms with Gasteiger partial charge in [-0.1, -0.05) is 46.3 Å². The number of benzene rings is 2. The number of thiophene rings is 1. The second-order valence-corrected chi connectivity index (χ2v) is 10.5. The van der Waals surface area contributed by atoms with Gasteiger partial charge in [0.05, 0.1) is 10.9 Å². The molecule has 4 rings (SSSR count). The van der Waals surface area contributed by atoms with E-state index in [0.29, 0.717) is 6.54 Å². The molecule has 2 heterocycles. The van der Waals surface area contributed by atoms with Crippen LogP contribution in [-0.2, 0) is 23.0 Å². The summed E-state index contributed by atoms with van der Waals surface area (Å²) in [5, 5.41) is 2.05. The number of fused-ring (bicyclic) bond motifs is 1. The van der Waals surface area contributed by atoms with Gasteiger partial charge in [0.15, 0.2) is 0 Å². The highest BCUT2D eigenvalue weighted by Crippen LogP contribution is 2.30. The van der Waals surface area contributed by atoms with Crippen molar-refractivity contribution in [1.82, 2.24) is 9.62 Å². The summed E-state index contributed by atoms with van der Waals surface area (Å²) in [7, 11) is -3.56. The van der Waals surface area contributed by atoms with E-state index >= 15 is 0 Å². The smallest absolute Gasteiger partial charge is 0.240 e. The van der Waals surface area contributed by atoms with Crippen LogP contribution in [0.25, 0.3) is 0 Å². The maximum absolute atomic E-state index is 12.8. The van der Waals surface area contributed by atoms with Crippen LogP contribution < -0.4 is 4.72 Å². The van der Waals surface area contributed by atoms with Gasteiger partial charge in [-0.25, -0.2) is 13.1 Å². The maximum Gasteiger partial charge on any atom is 0.240 e. The van der Waals surface area contributed by atoms with Gasteiger partial charge in [0.25, 0.3) is 0 Å². The van der Waals surface area contributed by atoms with Gasteiger partial charge in [0.2, 0.25) is 10.0 Å². The van der Waals surface area contributed by atoms with Crippen molar-refractivity contribution in [3.8, 4) is 0 Å². The summed E-state index contributed by atoms with van der Waals surface area (Å²) in [5.41, 5.74) is 2.71. The zero-order valence-electron chi connectivity index (χ0n) is 15.2. The fourth-order valence-electron chi connectivity index (χ4n) is 3.56. The minimum atomic E-state index is -3.56. The Morgan fingerprint density at radius 2 is 1.79 bits per heavy atom. The first kappa shape index (κ1) is 19.8. The first-order valence-corrected chi connectivity index (χ1v) is 12.3. The first-order chi connectivity index (χ1) is 13.5. The summed E-state index contributed by atoms with van der Waals surface area (Å²) < 4.78 is 29.2. The van der Waals surface area contributed by atoms with Crippen molar-refractivity contribution < 1.29 is 8.42 Å². The standard InChI is InChI=1S/C21H21BrN2O2S2/c22-18-7-9-19(10-8-18)28(25,26)23-14-20(21-6-3-13-27-21)24-12-11-16-4-1-2-5-17(16)15-24/h1-10,13,20,23H,11-12,14-15H2/t20-/m1/s1. The molecule has 1 N–H and O–H groups in total. The molecule has 1 aliphatic heterocycles. The molecule has 1 atom stereocenters. The fourth-order valence-corrected chi connectivity index (χ4v) is 5.72. The molecule has 146 valence electrons. The molecule has 0 spiro atoms. The minimum absolute atomic E-state index is 0.0126. The van der Waals surface area contributed by atoms with E-state index in [4.69, 9.17) is 0 Å². The molecule has 0 aliphatic carbocycles. The summed E-state index contributed by atoms with van der Waals surface area (Å²) in [5.74, 6) is 0.